The monoisotopic (exact) mass is 443 g/mol. The molecular weight excluding hydrogens is 427 g/mol. The number of aromatic nitrogens is 4. The van der Waals surface area contributed by atoms with Crippen molar-refractivity contribution in [1.82, 2.24) is 19.5 Å². The minimum absolute atomic E-state index is 0.0828. The first-order valence-electron chi connectivity index (χ1n) is 7.26. The number of nitrogen functional groups attached to an aromatic ring is 1. The second-order valence-electron chi connectivity index (χ2n) is 5.05. The first-order chi connectivity index (χ1) is 12.6. The summed E-state index contributed by atoms with van der Waals surface area (Å²) in [5.41, 5.74) is 5.34. The fourth-order valence-corrected chi connectivity index (χ4v) is 4.57. The highest BCUT2D eigenvalue weighted by molar-refractivity contribution is 7.62. The van der Waals surface area contributed by atoms with Gasteiger partial charge < -0.3 is 15.0 Å². The van der Waals surface area contributed by atoms with E-state index in [0.717, 1.165) is 0 Å². The molecule has 0 radical (unpaired) electrons. The van der Waals surface area contributed by atoms with Crippen LogP contribution in [0.1, 0.15) is 13.3 Å². The Hall–Kier alpha value is -1.62. The molecule has 0 fully saturated rings. The maximum absolute atomic E-state index is 11.8. The van der Waals surface area contributed by atoms with E-state index in [9.17, 15) is 18.5 Å². The highest BCUT2D eigenvalue weighted by Crippen LogP contribution is 2.56. The van der Waals surface area contributed by atoms with Crippen molar-refractivity contribution in [1.29, 1.82) is 0 Å². The van der Waals surface area contributed by atoms with Crippen molar-refractivity contribution in [2.45, 2.75) is 26.0 Å². The van der Waals surface area contributed by atoms with Gasteiger partial charge in [-0.1, -0.05) is 6.92 Å². The van der Waals surface area contributed by atoms with E-state index in [1.165, 1.54) is 10.9 Å². The lowest BCUT2D eigenvalue weighted by Gasteiger charge is -2.13. The van der Waals surface area contributed by atoms with Crippen LogP contribution in [-0.4, -0.2) is 41.8 Å². The number of fused-ring (bicyclic) bond motifs is 1. The number of H-pyrrole nitrogens is 1. The number of ether oxygens (including phenoxy) is 1. The lowest BCUT2D eigenvalue weighted by Crippen LogP contribution is -2.20. The van der Waals surface area contributed by atoms with Gasteiger partial charge in [0.15, 0.2) is 11.2 Å². The van der Waals surface area contributed by atoms with Crippen molar-refractivity contribution in [2.24, 2.45) is 0 Å². The molecule has 4 unspecified atom stereocenters. The summed E-state index contributed by atoms with van der Waals surface area (Å²) in [5.74, 6) is -0.0828. The predicted molar refractivity (Wildman–Crippen MR) is 92.0 cm³/mol. The van der Waals surface area contributed by atoms with E-state index in [-0.39, 0.29) is 23.7 Å². The number of nitrogens with two attached hydrogens (primary N) is 1. The third-order valence-electron chi connectivity index (χ3n) is 3.13. The van der Waals surface area contributed by atoms with Crippen LogP contribution in [0.3, 0.4) is 0 Å². The minimum atomic E-state index is -4.95. The molecule has 0 bridgehead atoms. The molecule has 148 valence electrons. The highest BCUT2D eigenvalue weighted by Gasteiger charge is 2.43. The number of aromatic amines is 1. The van der Waals surface area contributed by atoms with Gasteiger partial charge in [-0.05, 0) is 15.3 Å². The Kier molecular flexibility index (Phi) is 7.26. The van der Waals surface area contributed by atoms with E-state index in [2.05, 4.69) is 23.6 Å². The Bertz CT molecular complexity index is 959. The minimum Gasteiger partial charge on any atom is -0.369 e. The van der Waals surface area contributed by atoms with Gasteiger partial charge in [0.05, 0.1) is 19.0 Å². The Morgan fingerprint density at radius 2 is 2.15 bits per heavy atom. The van der Waals surface area contributed by atoms with E-state index >= 15 is 0 Å². The fourth-order valence-electron chi connectivity index (χ4n) is 2.03. The van der Waals surface area contributed by atoms with Gasteiger partial charge in [-0.25, -0.2) is 9.55 Å². The van der Waals surface area contributed by atoms with Crippen LogP contribution >= 0.6 is 24.1 Å². The maximum atomic E-state index is 11.8. The van der Waals surface area contributed by atoms with Crippen LogP contribution in [0.5, 0.6) is 0 Å². The largest absolute Gasteiger partial charge is 0.705 e. The predicted octanol–water partition coefficient (Wildman–Crippen LogP) is 0.980. The van der Waals surface area contributed by atoms with Crippen LogP contribution in [0.25, 0.3) is 11.2 Å². The summed E-state index contributed by atoms with van der Waals surface area (Å²) in [6.45, 7) is 1.94. The normalized spacial score (nSPS) is 16.1. The third kappa shape index (κ3) is 6.20. The van der Waals surface area contributed by atoms with Crippen LogP contribution < -0.4 is 11.3 Å². The van der Waals surface area contributed by atoms with E-state index in [1.807, 2.05) is 0 Å². The molecule has 17 heteroatoms. The number of imidazole rings is 1. The Morgan fingerprint density at radius 3 is 2.78 bits per heavy atom. The number of phosphoric acid groups is 1. The van der Waals surface area contributed by atoms with Gasteiger partial charge in [-0.15, -0.1) is 4.89 Å². The summed E-state index contributed by atoms with van der Waals surface area (Å²) in [4.78, 5) is 39.6. The Balaban J connectivity index is 2.00. The summed E-state index contributed by atoms with van der Waals surface area (Å²) in [7, 11) is -11.2. The summed E-state index contributed by atoms with van der Waals surface area (Å²) >= 11 is 0. The molecule has 0 amide bonds. The molecule has 2 aromatic heterocycles. The molecule has 2 aromatic rings. The molecule has 2 rings (SSSR count). The number of hydrogen-bond donors (Lipinski definition) is 4. The zero-order valence-corrected chi connectivity index (χ0v) is 16.5. The summed E-state index contributed by atoms with van der Waals surface area (Å²) < 4.78 is 48.2. The SMILES string of the molecule is CCC(Cn1cnc2c(=O)[nH]c(N)nc21)OC[P+](=O)OP(=O)(O)O[P+](=O)O. The molecule has 0 aliphatic heterocycles. The zero-order chi connectivity index (χ0) is 20.2. The zero-order valence-electron chi connectivity index (χ0n) is 13.8. The van der Waals surface area contributed by atoms with Crippen molar-refractivity contribution in [2.75, 3.05) is 12.1 Å². The van der Waals surface area contributed by atoms with E-state index < -0.39 is 42.1 Å². The molecular formula is C10H16N5O9P3+2. The van der Waals surface area contributed by atoms with Gasteiger partial charge in [0.2, 0.25) is 5.95 Å². The molecule has 0 aliphatic rings. The van der Waals surface area contributed by atoms with Gasteiger partial charge in [0, 0.05) is 8.88 Å². The van der Waals surface area contributed by atoms with Crippen LogP contribution in [-0.2, 0) is 33.6 Å². The van der Waals surface area contributed by atoms with Crippen molar-refractivity contribution in [3.8, 4) is 0 Å². The molecule has 0 aromatic carbocycles. The average Bonchev–Trinajstić information content (AvgIpc) is 2.92. The van der Waals surface area contributed by atoms with Crippen LogP contribution in [0.2, 0.25) is 0 Å². The lowest BCUT2D eigenvalue weighted by molar-refractivity contribution is 0.0675. The second-order valence-corrected chi connectivity index (χ2v) is 8.69. The van der Waals surface area contributed by atoms with Gasteiger partial charge in [0.25, 0.3) is 11.9 Å². The summed E-state index contributed by atoms with van der Waals surface area (Å²) in [5, 5.41) is 0. The van der Waals surface area contributed by atoms with Crippen molar-refractivity contribution in [3.05, 3.63) is 16.7 Å². The van der Waals surface area contributed by atoms with Gasteiger partial charge >= 0.3 is 24.1 Å². The topological polar surface area (TPSA) is 209 Å². The summed E-state index contributed by atoms with van der Waals surface area (Å²) in [6.07, 6.45) is 0.688. The van der Waals surface area contributed by atoms with Crippen molar-refractivity contribution in [3.63, 3.8) is 0 Å². The number of nitrogens with one attached hydrogen (secondary N) is 1. The van der Waals surface area contributed by atoms with E-state index in [0.29, 0.717) is 6.42 Å². The fraction of sp³-hybridized carbons (Fsp3) is 0.500. The molecule has 14 nitrogen and oxygen atoms in total. The number of anilines is 1. The number of rotatable bonds is 10. The van der Waals surface area contributed by atoms with Gasteiger partial charge in [0.1, 0.15) is 0 Å². The summed E-state index contributed by atoms with van der Waals surface area (Å²) in [6, 6.07) is 0. The smallest absolute Gasteiger partial charge is 0.369 e. The Labute approximate surface area is 153 Å². The molecule has 0 spiro atoms. The van der Waals surface area contributed by atoms with E-state index in [4.69, 9.17) is 20.3 Å². The van der Waals surface area contributed by atoms with E-state index in [1.54, 1.807) is 6.92 Å². The molecule has 2 heterocycles. The molecule has 0 saturated carbocycles. The first-order valence-corrected chi connectivity index (χ1v) is 11.3. The quantitative estimate of drug-likeness (QED) is 0.379. The van der Waals surface area contributed by atoms with Crippen LogP contribution in [0.15, 0.2) is 11.1 Å². The third-order valence-corrected chi connectivity index (χ3v) is 6.43. The van der Waals surface area contributed by atoms with Crippen LogP contribution in [0, 0.1) is 0 Å². The van der Waals surface area contributed by atoms with Gasteiger partial charge in [-0.3, -0.25) is 14.7 Å². The lowest BCUT2D eigenvalue weighted by atomic mass is 10.3. The molecule has 0 saturated heterocycles. The molecule has 0 aliphatic carbocycles. The Morgan fingerprint density at radius 1 is 1.44 bits per heavy atom. The highest BCUT2D eigenvalue weighted by atomic mass is 31.3. The van der Waals surface area contributed by atoms with Crippen LogP contribution in [0.4, 0.5) is 5.95 Å². The van der Waals surface area contributed by atoms with Gasteiger partial charge in [-0.2, -0.15) is 4.98 Å². The first kappa shape index (κ1) is 21.7. The molecule has 4 atom stereocenters. The number of nitrogens with zero attached hydrogens (tertiary/aromatic N) is 3. The standard InChI is InChI=1S/C10H14N5O9P3/c1-2-6(22-5-25(17)23-27(20,21)24-26(18)19)3-15-4-12-7-8(15)13-10(11)14-9(7)16/h4,6H,2-3,5H2,1H3,(H3-2,11,13,14,16,18,19,20,21)/p+2. The molecule has 5 N–H and O–H groups in total. The molecule has 27 heavy (non-hydrogen) atoms. The average molecular weight is 443 g/mol. The number of hydrogen-bond acceptors (Lipinski definition) is 10. The maximum Gasteiger partial charge on any atom is 0.705 e. The second kappa shape index (κ2) is 9.05. The van der Waals surface area contributed by atoms with Crippen molar-refractivity contribution < 1.29 is 36.8 Å². The van der Waals surface area contributed by atoms with Crippen molar-refractivity contribution >= 4 is 41.2 Å².